The van der Waals surface area contributed by atoms with Crippen LogP contribution in [-0.4, -0.2) is 65.3 Å². The minimum absolute atomic E-state index is 0.0670. The number of anilines is 2. The molecule has 0 spiro atoms. The second-order valence-electron chi connectivity index (χ2n) is 7.82. The highest BCUT2D eigenvalue weighted by Crippen LogP contribution is 2.28. The summed E-state index contributed by atoms with van der Waals surface area (Å²) in [5.74, 6) is 0.900. The molecule has 1 aliphatic heterocycles. The van der Waals surface area contributed by atoms with Crippen LogP contribution in [0, 0.1) is 6.92 Å². The van der Waals surface area contributed by atoms with E-state index in [4.69, 9.17) is 4.74 Å². The van der Waals surface area contributed by atoms with Crippen LogP contribution in [0.3, 0.4) is 0 Å². The predicted molar refractivity (Wildman–Crippen MR) is 124 cm³/mol. The van der Waals surface area contributed by atoms with E-state index in [0.717, 1.165) is 30.1 Å². The summed E-state index contributed by atoms with van der Waals surface area (Å²) >= 11 is 0. The van der Waals surface area contributed by atoms with Gasteiger partial charge >= 0.3 is 0 Å². The van der Waals surface area contributed by atoms with Crippen LogP contribution in [0.4, 0.5) is 11.4 Å². The maximum atomic E-state index is 12.7. The summed E-state index contributed by atoms with van der Waals surface area (Å²) in [7, 11) is -1.75. The molecule has 0 radical (unpaired) electrons. The Bertz CT molecular complexity index is 1000. The largest absolute Gasteiger partial charge is 0.495 e. The summed E-state index contributed by atoms with van der Waals surface area (Å²) in [6.07, 6.45) is 2.01. The number of methoxy groups -OCH3 is 1. The second-order valence-corrected chi connectivity index (χ2v) is 9.72. The molecular formula is C23H31N3O4S. The number of carbonyl (C=O) groups excluding carboxylic acids is 1. The van der Waals surface area contributed by atoms with E-state index >= 15 is 0 Å². The van der Waals surface area contributed by atoms with E-state index in [1.807, 2.05) is 54.3 Å². The standard InChI is InChI=1S/C23H31N3O4S/c1-19-8-6-9-20(18-19)26(31(3,28)29)13-7-12-23(27)25-16-14-24(15-17-25)21-10-4-5-11-22(21)30-2/h4-6,8-11,18H,7,12-17H2,1-3H3. The van der Waals surface area contributed by atoms with Gasteiger partial charge in [0.25, 0.3) is 0 Å². The fourth-order valence-corrected chi connectivity index (χ4v) is 4.85. The van der Waals surface area contributed by atoms with Crippen molar-refractivity contribution < 1.29 is 17.9 Å². The van der Waals surface area contributed by atoms with Gasteiger partial charge in [0, 0.05) is 39.1 Å². The molecule has 0 unspecified atom stereocenters. The molecule has 2 aromatic carbocycles. The molecule has 0 N–H and O–H groups in total. The Morgan fingerprint density at radius 3 is 2.42 bits per heavy atom. The van der Waals surface area contributed by atoms with Crippen LogP contribution >= 0.6 is 0 Å². The number of nitrogens with zero attached hydrogens (tertiary/aromatic N) is 3. The van der Waals surface area contributed by atoms with E-state index in [-0.39, 0.29) is 12.5 Å². The van der Waals surface area contributed by atoms with Crippen LogP contribution in [0.25, 0.3) is 0 Å². The van der Waals surface area contributed by atoms with Gasteiger partial charge in [-0.2, -0.15) is 0 Å². The third-order valence-electron chi connectivity index (χ3n) is 5.50. The van der Waals surface area contributed by atoms with E-state index in [2.05, 4.69) is 4.90 Å². The van der Waals surface area contributed by atoms with E-state index in [1.54, 1.807) is 13.2 Å². The normalized spacial score (nSPS) is 14.4. The number of aryl methyl sites for hydroxylation is 1. The number of sulfonamides is 1. The molecule has 168 valence electrons. The van der Waals surface area contributed by atoms with Crippen molar-refractivity contribution in [3.63, 3.8) is 0 Å². The number of ether oxygens (including phenoxy) is 1. The Morgan fingerprint density at radius 1 is 1.06 bits per heavy atom. The molecule has 31 heavy (non-hydrogen) atoms. The second kappa shape index (κ2) is 10.0. The van der Waals surface area contributed by atoms with Gasteiger partial charge in [0.2, 0.25) is 15.9 Å². The van der Waals surface area contributed by atoms with Gasteiger partial charge in [0.15, 0.2) is 0 Å². The zero-order valence-corrected chi connectivity index (χ0v) is 19.3. The van der Waals surface area contributed by atoms with Crippen molar-refractivity contribution >= 4 is 27.3 Å². The monoisotopic (exact) mass is 445 g/mol. The van der Waals surface area contributed by atoms with E-state index in [9.17, 15) is 13.2 Å². The first-order valence-electron chi connectivity index (χ1n) is 10.5. The summed E-state index contributed by atoms with van der Waals surface area (Å²) in [6.45, 7) is 4.98. The first kappa shape index (κ1) is 22.9. The van der Waals surface area contributed by atoms with Crippen molar-refractivity contribution in [1.29, 1.82) is 0 Å². The summed E-state index contributed by atoms with van der Waals surface area (Å²) in [5.41, 5.74) is 2.68. The lowest BCUT2D eigenvalue weighted by atomic mass is 10.2. The Hall–Kier alpha value is -2.74. The Kier molecular flexibility index (Phi) is 7.43. The summed E-state index contributed by atoms with van der Waals surface area (Å²) in [6, 6.07) is 15.3. The van der Waals surface area contributed by atoms with Crippen molar-refractivity contribution in [3.05, 3.63) is 54.1 Å². The number of benzene rings is 2. The van der Waals surface area contributed by atoms with Gasteiger partial charge in [-0.05, 0) is 43.2 Å². The first-order valence-corrected chi connectivity index (χ1v) is 12.3. The molecule has 3 rings (SSSR count). The van der Waals surface area contributed by atoms with Gasteiger partial charge in [-0.25, -0.2) is 8.42 Å². The third-order valence-corrected chi connectivity index (χ3v) is 6.69. The Balaban J connectivity index is 1.53. The molecular weight excluding hydrogens is 414 g/mol. The van der Waals surface area contributed by atoms with Crippen molar-refractivity contribution in [2.45, 2.75) is 19.8 Å². The molecule has 0 saturated carbocycles. The van der Waals surface area contributed by atoms with Crippen molar-refractivity contribution in [1.82, 2.24) is 4.90 Å². The summed E-state index contributed by atoms with van der Waals surface area (Å²) in [5, 5.41) is 0. The average Bonchev–Trinajstić information content (AvgIpc) is 2.75. The minimum atomic E-state index is -3.41. The highest BCUT2D eigenvalue weighted by atomic mass is 32.2. The molecule has 7 nitrogen and oxygen atoms in total. The van der Waals surface area contributed by atoms with E-state index in [0.29, 0.717) is 31.6 Å². The SMILES string of the molecule is COc1ccccc1N1CCN(C(=O)CCCN(c2cccc(C)c2)S(C)(=O)=O)CC1. The van der Waals surface area contributed by atoms with E-state index in [1.165, 1.54) is 10.6 Å². The van der Waals surface area contributed by atoms with Crippen LogP contribution in [0.1, 0.15) is 18.4 Å². The zero-order valence-electron chi connectivity index (χ0n) is 18.5. The number of para-hydroxylation sites is 2. The molecule has 1 fully saturated rings. The zero-order chi connectivity index (χ0) is 22.4. The molecule has 8 heteroatoms. The topological polar surface area (TPSA) is 70.2 Å². The van der Waals surface area contributed by atoms with Gasteiger partial charge < -0.3 is 14.5 Å². The van der Waals surface area contributed by atoms with Crippen LogP contribution < -0.4 is 13.9 Å². The van der Waals surface area contributed by atoms with Crippen molar-refractivity contribution in [2.75, 3.05) is 55.3 Å². The van der Waals surface area contributed by atoms with Gasteiger partial charge in [-0.3, -0.25) is 9.10 Å². The number of rotatable bonds is 8. The Morgan fingerprint density at radius 2 is 1.77 bits per heavy atom. The third kappa shape index (κ3) is 5.91. The van der Waals surface area contributed by atoms with Gasteiger partial charge in [-0.15, -0.1) is 0 Å². The number of hydrogen-bond donors (Lipinski definition) is 0. The lowest BCUT2D eigenvalue weighted by molar-refractivity contribution is -0.131. The highest BCUT2D eigenvalue weighted by molar-refractivity contribution is 7.92. The Labute approximate surface area is 185 Å². The van der Waals surface area contributed by atoms with Gasteiger partial charge in [-0.1, -0.05) is 24.3 Å². The number of piperazine rings is 1. The number of carbonyl (C=O) groups is 1. The molecule has 1 amide bonds. The molecule has 0 aliphatic carbocycles. The fraction of sp³-hybridized carbons (Fsp3) is 0.435. The quantitative estimate of drug-likeness (QED) is 0.625. The average molecular weight is 446 g/mol. The maximum absolute atomic E-state index is 12.7. The maximum Gasteiger partial charge on any atom is 0.232 e. The lowest BCUT2D eigenvalue weighted by Gasteiger charge is -2.36. The number of hydrogen-bond acceptors (Lipinski definition) is 5. The van der Waals surface area contributed by atoms with Crippen LogP contribution in [-0.2, 0) is 14.8 Å². The molecule has 0 bridgehead atoms. The highest BCUT2D eigenvalue weighted by Gasteiger charge is 2.23. The first-order chi connectivity index (χ1) is 14.8. The molecule has 2 aromatic rings. The number of amides is 1. The molecule has 1 aliphatic rings. The molecule has 0 atom stereocenters. The van der Waals surface area contributed by atoms with Crippen LogP contribution in [0.15, 0.2) is 48.5 Å². The summed E-state index contributed by atoms with van der Waals surface area (Å²) < 4.78 is 31.3. The van der Waals surface area contributed by atoms with Crippen molar-refractivity contribution in [2.24, 2.45) is 0 Å². The summed E-state index contributed by atoms with van der Waals surface area (Å²) in [4.78, 5) is 16.8. The lowest BCUT2D eigenvalue weighted by Crippen LogP contribution is -2.49. The molecule has 0 aromatic heterocycles. The van der Waals surface area contributed by atoms with Crippen LogP contribution in [0.5, 0.6) is 5.75 Å². The molecule has 1 saturated heterocycles. The smallest absolute Gasteiger partial charge is 0.232 e. The fourth-order valence-electron chi connectivity index (χ4n) is 3.89. The van der Waals surface area contributed by atoms with Crippen molar-refractivity contribution in [3.8, 4) is 5.75 Å². The van der Waals surface area contributed by atoms with Gasteiger partial charge in [0.1, 0.15) is 5.75 Å². The molecule has 1 heterocycles. The van der Waals surface area contributed by atoms with Gasteiger partial charge in [0.05, 0.1) is 24.7 Å². The minimum Gasteiger partial charge on any atom is -0.495 e. The predicted octanol–water partition coefficient (Wildman–Crippen LogP) is 2.90. The van der Waals surface area contributed by atoms with Crippen LogP contribution in [0.2, 0.25) is 0 Å². The van der Waals surface area contributed by atoms with E-state index < -0.39 is 10.0 Å².